The predicted molar refractivity (Wildman–Crippen MR) is 110 cm³/mol. The summed E-state index contributed by atoms with van der Waals surface area (Å²) < 4.78 is 0. The Balaban J connectivity index is 1.22. The fraction of sp³-hybridized carbons (Fsp3) is 0.636. The normalized spacial score (nSPS) is 30.0. The van der Waals surface area contributed by atoms with Crippen molar-refractivity contribution in [2.45, 2.75) is 57.5 Å². The molecular formula is C22H32N4O2. The van der Waals surface area contributed by atoms with E-state index in [0.717, 1.165) is 43.2 Å². The molecule has 5 atom stereocenters. The molecule has 3 aliphatic rings. The fourth-order valence-electron chi connectivity index (χ4n) is 5.21. The second-order valence-electron chi connectivity index (χ2n) is 8.78. The van der Waals surface area contributed by atoms with Gasteiger partial charge in [-0.3, -0.25) is 9.59 Å². The smallest absolute Gasteiger partial charge is 0.242 e. The van der Waals surface area contributed by atoms with E-state index in [0.29, 0.717) is 25.4 Å². The molecule has 0 aromatic heterocycles. The van der Waals surface area contributed by atoms with Gasteiger partial charge in [0.2, 0.25) is 11.8 Å². The van der Waals surface area contributed by atoms with Crippen LogP contribution in [-0.2, 0) is 16.0 Å². The Bertz CT molecular complexity index is 750. The third-order valence-electron chi connectivity index (χ3n) is 6.73. The topological polar surface area (TPSA) is 96.2 Å². The van der Waals surface area contributed by atoms with Crippen molar-refractivity contribution in [2.75, 3.05) is 18.4 Å². The molecule has 6 heteroatoms. The lowest BCUT2D eigenvalue weighted by atomic mass is 9.83. The van der Waals surface area contributed by atoms with Crippen molar-refractivity contribution in [1.82, 2.24) is 10.6 Å². The number of rotatable bonds is 7. The summed E-state index contributed by atoms with van der Waals surface area (Å²) in [6, 6.07) is 6.33. The van der Waals surface area contributed by atoms with Gasteiger partial charge in [-0.25, -0.2) is 0 Å². The summed E-state index contributed by atoms with van der Waals surface area (Å²) in [6.45, 7) is 3.19. The van der Waals surface area contributed by atoms with Gasteiger partial charge < -0.3 is 21.7 Å². The fourth-order valence-corrected chi connectivity index (χ4v) is 5.21. The number of carbonyl (C=O) groups is 2. The van der Waals surface area contributed by atoms with Crippen molar-refractivity contribution in [3.05, 3.63) is 29.3 Å². The monoisotopic (exact) mass is 384 g/mol. The Kier molecular flexibility index (Phi) is 5.58. The molecule has 1 aliphatic heterocycles. The van der Waals surface area contributed by atoms with Crippen LogP contribution < -0.4 is 21.7 Å². The summed E-state index contributed by atoms with van der Waals surface area (Å²) in [7, 11) is 0. The van der Waals surface area contributed by atoms with Gasteiger partial charge >= 0.3 is 0 Å². The van der Waals surface area contributed by atoms with Gasteiger partial charge in [0.05, 0.1) is 0 Å². The Morgan fingerprint density at radius 2 is 2.11 bits per heavy atom. The summed E-state index contributed by atoms with van der Waals surface area (Å²) in [5.41, 5.74) is 9.01. The molecule has 5 N–H and O–H groups in total. The number of aryl methyl sites for hydroxylation is 1. The summed E-state index contributed by atoms with van der Waals surface area (Å²) in [6.07, 6.45) is 5.57. The Morgan fingerprint density at radius 1 is 1.25 bits per heavy atom. The number of hydrogen-bond donors (Lipinski definition) is 4. The molecule has 0 saturated heterocycles. The highest BCUT2D eigenvalue weighted by Crippen LogP contribution is 2.53. The Morgan fingerprint density at radius 3 is 2.89 bits per heavy atom. The SMILES string of the molecule is Cc1cccc2c1NC(C(=O)NCCC1CC(NC(=O)CCN)CC3CC13)C2. The first kappa shape index (κ1) is 19.2. The van der Waals surface area contributed by atoms with Crippen molar-refractivity contribution in [2.24, 2.45) is 23.5 Å². The number of para-hydroxylation sites is 1. The largest absolute Gasteiger partial charge is 0.373 e. The zero-order valence-corrected chi connectivity index (χ0v) is 16.7. The molecule has 152 valence electrons. The molecule has 0 bridgehead atoms. The number of carbonyl (C=O) groups excluding carboxylic acids is 2. The molecule has 4 rings (SSSR count). The van der Waals surface area contributed by atoms with Gasteiger partial charge in [0.1, 0.15) is 6.04 Å². The average molecular weight is 385 g/mol. The van der Waals surface area contributed by atoms with Gasteiger partial charge in [-0.2, -0.15) is 0 Å². The van der Waals surface area contributed by atoms with E-state index in [1.165, 1.54) is 17.5 Å². The van der Waals surface area contributed by atoms with Gasteiger partial charge in [-0.05, 0) is 61.5 Å². The van der Waals surface area contributed by atoms with Crippen molar-refractivity contribution in [3.8, 4) is 0 Å². The van der Waals surface area contributed by atoms with Gasteiger partial charge in [-0.1, -0.05) is 18.2 Å². The van der Waals surface area contributed by atoms with E-state index in [-0.39, 0.29) is 23.9 Å². The lowest BCUT2D eigenvalue weighted by Crippen LogP contribution is -2.42. The molecule has 6 nitrogen and oxygen atoms in total. The zero-order chi connectivity index (χ0) is 19.7. The van der Waals surface area contributed by atoms with E-state index in [9.17, 15) is 9.59 Å². The van der Waals surface area contributed by atoms with E-state index in [1.54, 1.807) is 0 Å². The van der Waals surface area contributed by atoms with Crippen LogP contribution in [0.2, 0.25) is 0 Å². The molecule has 0 spiro atoms. The van der Waals surface area contributed by atoms with Crippen LogP contribution in [0.3, 0.4) is 0 Å². The molecule has 2 fully saturated rings. The minimum Gasteiger partial charge on any atom is -0.373 e. The average Bonchev–Trinajstić information content (AvgIpc) is 3.30. The van der Waals surface area contributed by atoms with Crippen LogP contribution in [0, 0.1) is 24.7 Å². The second-order valence-corrected chi connectivity index (χ2v) is 8.78. The van der Waals surface area contributed by atoms with Crippen LogP contribution >= 0.6 is 0 Å². The lowest BCUT2D eigenvalue weighted by molar-refractivity contribution is -0.122. The maximum Gasteiger partial charge on any atom is 0.242 e. The van der Waals surface area contributed by atoms with E-state index in [2.05, 4.69) is 35.0 Å². The van der Waals surface area contributed by atoms with Crippen LogP contribution in [0.5, 0.6) is 0 Å². The minimum absolute atomic E-state index is 0.0702. The standard InChI is InChI=1S/C22H32N4O2/c1-13-3-2-4-15-12-19(26-21(13)15)22(28)24-8-6-14-9-17(10-16-11-18(14)16)25-20(27)5-7-23/h2-4,14,16-19,26H,5-12,23H2,1H3,(H,24,28)(H,25,27). The zero-order valence-electron chi connectivity index (χ0n) is 16.7. The highest BCUT2D eigenvalue weighted by atomic mass is 16.2. The molecule has 1 heterocycles. The molecule has 2 aliphatic carbocycles. The van der Waals surface area contributed by atoms with Gasteiger partial charge in [0.15, 0.2) is 0 Å². The molecule has 28 heavy (non-hydrogen) atoms. The molecular weight excluding hydrogens is 352 g/mol. The highest BCUT2D eigenvalue weighted by molar-refractivity contribution is 5.87. The van der Waals surface area contributed by atoms with E-state index < -0.39 is 0 Å². The minimum atomic E-state index is -0.167. The maximum atomic E-state index is 12.6. The number of benzene rings is 1. The quantitative estimate of drug-likeness (QED) is 0.575. The Labute approximate surface area is 167 Å². The molecule has 2 saturated carbocycles. The summed E-state index contributed by atoms with van der Waals surface area (Å²) in [5.74, 6) is 2.30. The lowest BCUT2D eigenvalue weighted by Gasteiger charge is -2.29. The van der Waals surface area contributed by atoms with Crippen LogP contribution in [0.15, 0.2) is 18.2 Å². The summed E-state index contributed by atoms with van der Waals surface area (Å²) >= 11 is 0. The maximum absolute atomic E-state index is 12.6. The van der Waals surface area contributed by atoms with Crippen molar-refractivity contribution in [1.29, 1.82) is 0 Å². The van der Waals surface area contributed by atoms with Gasteiger partial charge in [0.25, 0.3) is 0 Å². The number of hydrogen-bond acceptors (Lipinski definition) is 4. The third-order valence-corrected chi connectivity index (χ3v) is 6.73. The number of anilines is 1. The van der Waals surface area contributed by atoms with Gasteiger partial charge in [0, 0.05) is 37.7 Å². The molecule has 0 radical (unpaired) electrons. The van der Waals surface area contributed by atoms with E-state index in [1.807, 2.05) is 6.07 Å². The number of fused-ring (bicyclic) bond motifs is 2. The molecule has 1 aromatic carbocycles. The third kappa shape index (κ3) is 4.17. The van der Waals surface area contributed by atoms with E-state index >= 15 is 0 Å². The number of nitrogens with one attached hydrogen (secondary N) is 3. The van der Waals surface area contributed by atoms with Crippen LogP contribution in [0.25, 0.3) is 0 Å². The van der Waals surface area contributed by atoms with Crippen molar-refractivity contribution >= 4 is 17.5 Å². The second kappa shape index (κ2) is 8.11. The summed E-state index contributed by atoms with van der Waals surface area (Å²) in [5, 5.41) is 9.66. The number of nitrogens with two attached hydrogens (primary N) is 1. The van der Waals surface area contributed by atoms with Gasteiger partial charge in [-0.15, -0.1) is 0 Å². The Hall–Kier alpha value is -2.08. The highest BCUT2D eigenvalue weighted by Gasteiger charge is 2.48. The van der Waals surface area contributed by atoms with Crippen LogP contribution in [-0.4, -0.2) is 37.0 Å². The first-order chi connectivity index (χ1) is 13.5. The predicted octanol–water partition coefficient (Wildman–Crippen LogP) is 1.72. The van der Waals surface area contributed by atoms with Crippen molar-refractivity contribution in [3.63, 3.8) is 0 Å². The van der Waals surface area contributed by atoms with Crippen LogP contribution in [0.4, 0.5) is 5.69 Å². The first-order valence-electron chi connectivity index (χ1n) is 10.7. The van der Waals surface area contributed by atoms with E-state index in [4.69, 9.17) is 5.73 Å². The first-order valence-corrected chi connectivity index (χ1v) is 10.7. The molecule has 5 unspecified atom stereocenters. The number of amides is 2. The molecule has 2 amide bonds. The summed E-state index contributed by atoms with van der Waals surface area (Å²) in [4.78, 5) is 24.4. The molecule has 1 aromatic rings. The van der Waals surface area contributed by atoms with Crippen LogP contribution in [0.1, 0.15) is 43.2 Å². The van der Waals surface area contributed by atoms with Crippen molar-refractivity contribution < 1.29 is 9.59 Å².